The standard InChI is InChI=1S/C9H16N2O/c1-9(2,3)8-6-11(7-10)4-5-12-8/h8H,4-6H2,1-3H3. The summed E-state index contributed by atoms with van der Waals surface area (Å²) in [6, 6.07) is 0. The minimum absolute atomic E-state index is 0.134. The molecule has 1 saturated heterocycles. The summed E-state index contributed by atoms with van der Waals surface area (Å²) in [6.07, 6.45) is 2.35. The van der Waals surface area contributed by atoms with Crippen LogP contribution in [-0.4, -0.2) is 30.7 Å². The van der Waals surface area contributed by atoms with Crippen molar-refractivity contribution >= 4 is 0 Å². The Labute approximate surface area is 73.9 Å². The Hall–Kier alpha value is -0.750. The van der Waals surface area contributed by atoms with E-state index >= 15 is 0 Å². The lowest BCUT2D eigenvalue weighted by molar-refractivity contribution is -0.0656. The van der Waals surface area contributed by atoms with Crippen LogP contribution in [0.4, 0.5) is 0 Å². The van der Waals surface area contributed by atoms with E-state index < -0.39 is 0 Å². The number of nitriles is 1. The van der Waals surface area contributed by atoms with E-state index in [0.29, 0.717) is 6.61 Å². The van der Waals surface area contributed by atoms with Gasteiger partial charge in [0.05, 0.1) is 25.8 Å². The van der Waals surface area contributed by atoms with Gasteiger partial charge in [0.25, 0.3) is 0 Å². The van der Waals surface area contributed by atoms with Crippen LogP contribution in [0.3, 0.4) is 0 Å². The summed E-state index contributed by atoms with van der Waals surface area (Å²) >= 11 is 0. The fraction of sp³-hybridized carbons (Fsp3) is 0.889. The molecule has 0 aromatic rings. The van der Waals surface area contributed by atoms with E-state index in [1.54, 1.807) is 4.90 Å². The average Bonchev–Trinajstić information content (AvgIpc) is 2.03. The molecular formula is C9H16N2O. The van der Waals surface area contributed by atoms with Crippen molar-refractivity contribution in [2.24, 2.45) is 5.41 Å². The van der Waals surface area contributed by atoms with Crippen LogP contribution < -0.4 is 0 Å². The van der Waals surface area contributed by atoms with Gasteiger partial charge in [0.1, 0.15) is 0 Å². The molecule has 0 aliphatic carbocycles. The largest absolute Gasteiger partial charge is 0.374 e. The van der Waals surface area contributed by atoms with Gasteiger partial charge in [-0.2, -0.15) is 5.26 Å². The molecule has 1 unspecified atom stereocenters. The third-order valence-corrected chi connectivity index (χ3v) is 2.17. The second-order valence-electron chi connectivity index (χ2n) is 4.27. The van der Waals surface area contributed by atoms with E-state index in [2.05, 4.69) is 27.0 Å². The highest BCUT2D eigenvalue weighted by molar-refractivity contribution is 4.86. The number of hydrogen-bond acceptors (Lipinski definition) is 3. The smallest absolute Gasteiger partial charge is 0.179 e. The fourth-order valence-corrected chi connectivity index (χ4v) is 1.26. The Morgan fingerprint density at radius 2 is 2.17 bits per heavy atom. The Kier molecular flexibility index (Phi) is 2.58. The molecule has 0 aromatic heterocycles. The van der Waals surface area contributed by atoms with Gasteiger partial charge in [-0.25, -0.2) is 0 Å². The summed E-state index contributed by atoms with van der Waals surface area (Å²) in [5.41, 5.74) is 0.134. The highest BCUT2D eigenvalue weighted by atomic mass is 16.5. The third kappa shape index (κ3) is 2.12. The number of rotatable bonds is 0. The third-order valence-electron chi connectivity index (χ3n) is 2.17. The zero-order chi connectivity index (χ0) is 9.19. The second kappa shape index (κ2) is 3.32. The van der Waals surface area contributed by atoms with Crippen molar-refractivity contribution in [1.29, 1.82) is 5.26 Å². The van der Waals surface area contributed by atoms with Crippen molar-refractivity contribution in [3.63, 3.8) is 0 Å². The summed E-state index contributed by atoms with van der Waals surface area (Å²) in [7, 11) is 0. The molecule has 3 nitrogen and oxygen atoms in total. The van der Waals surface area contributed by atoms with E-state index in [0.717, 1.165) is 13.1 Å². The lowest BCUT2D eigenvalue weighted by Crippen LogP contribution is -2.45. The van der Waals surface area contributed by atoms with Gasteiger partial charge in [-0.1, -0.05) is 20.8 Å². The van der Waals surface area contributed by atoms with E-state index in [1.807, 2.05) is 0 Å². The predicted molar refractivity (Wildman–Crippen MR) is 46.4 cm³/mol. The monoisotopic (exact) mass is 168 g/mol. The van der Waals surface area contributed by atoms with Crippen LogP contribution in [0.25, 0.3) is 0 Å². The molecule has 1 aliphatic rings. The van der Waals surface area contributed by atoms with Crippen LogP contribution in [0.15, 0.2) is 0 Å². The quantitative estimate of drug-likeness (QED) is 0.510. The highest BCUT2D eigenvalue weighted by Crippen LogP contribution is 2.24. The van der Waals surface area contributed by atoms with Crippen molar-refractivity contribution in [2.75, 3.05) is 19.7 Å². The summed E-state index contributed by atoms with van der Waals surface area (Å²) in [4.78, 5) is 1.76. The van der Waals surface area contributed by atoms with Crippen LogP contribution in [0.2, 0.25) is 0 Å². The van der Waals surface area contributed by atoms with Crippen LogP contribution in [-0.2, 0) is 4.74 Å². The summed E-state index contributed by atoms with van der Waals surface area (Å²) in [5.74, 6) is 0. The maximum absolute atomic E-state index is 8.69. The Morgan fingerprint density at radius 3 is 2.67 bits per heavy atom. The minimum Gasteiger partial charge on any atom is -0.374 e. The first-order valence-electron chi connectivity index (χ1n) is 4.30. The van der Waals surface area contributed by atoms with E-state index in [-0.39, 0.29) is 11.5 Å². The number of hydrogen-bond donors (Lipinski definition) is 0. The average molecular weight is 168 g/mol. The van der Waals surface area contributed by atoms with E-state index in [4.69, 9.17) is 10.00 Å². The first-order chi connectivity index (χ1) is 5.54. The minimum atomic E-state index is 0.134. The first kappa shape index (κ1) is 9.34. The normalized spacial score (nSPS) is 25.2. The molecule has 1 fully saturated rings. The molecule has 1 aliphatic heterocycles. The lowest BCUT2D eigenvalue weighted by atomic mass is 9.88. The van der Waals surface area contributed by atoms with Gasteiger partial charge in [-0.3, -0.25) is 0 Å². The van der Waals surface area contributed by atoms with Crippen LogP contribution in [0.5, 0.6) is 0 Å². The summed E-state index contributed by atoms with van der Waals surface area (Å²) < 4.78 is 5.58. The summed E-state index contributed by atoms with van der Waals surface area (Å²) in [6.45, 7) is 8.56. The van der Waals surface area contributed by atoms with Crippen LogP contribution in [0.1, 0.15) is 20.8 Å². The Balaban J connectivity index is 2.53. The second-order valence-corrected chi connectivity index (χ2v) is 4.27. The van der Waals surface area contributed by atoms with E-state index in [9.17, 15) is 0 Å². The van der Waals surface area contributed by atoms with Gasteiger partial charge >= 0.3 is 0 Å². The number of morpholine rings is 1. The van der Waals surface area contributed by atoms with Gasteiger partial charge in [0.15, 0.2) is 6.19 Å². The highest BCUT2D eigenvalue weighted by Gasteiger charge is 2.30. The number of nitrogens with zero attached hydrogens (tertiary/aromatic N) is 2. The molecule has 0 N–H and O–H groups in total. The lowest BCUT2D eigenvalue weighted by Gasteiger charge is -2.37. The zero-order valence-corrected chi connectivity index (χ0v) is 8.00. The van der Waals surface area contributed by atoms with Gasteiger partial charge in [-0.05, 0) is 5.41 Å². The summed E-state index contributed by atoms with van der Waals surface area (Å²) in [5, 5.41) is 8.69. The first-order valence-corrected chi connectivity index (χ1v) is 4.30. The van der Waals surface area contributed by atoms with Crippen molar-refractivity contribution in [3.8, 4) is 6.19 Å². The van der Waals surface area contributed by atoms with Gasteiger partial charge in [0, 0.05) is 0 Å². The maximum atomic E-state index is 8.69. The maximum Gasteiger partial charge on any atom is 0.179 e. The van der Waals surface area contributed by atoms with E-state index in [1.165, 1.54) is 0 Å². The molecule has 12 heavy (non-hydrogen) atoms. The molecule has 0 aromatic carbocycles. The Morgan fingerprint density at radius 1 is 1.50 bits per heavy atom. The molecule has 0 spiro atoms. The van der Waals surface area contributed by atoms with Crippen molar-refractivity contribution < 1.29 is 4.74 Å². The van der Waals surface area contributed by atoms with Crippen molar-refractivity contribution in [1.82, 2.24) is 4.90 Å². The molecule has 1 atom stereocenters. The van der Waals surface area contributed by atoms with Crippen molar-refractivity contribution in [2.45, 2.75) is 26.9 Å². The Bertz CT molecular complexity index is 190. The molecule has 1 heterocycles. The van der Waals surface area contributed by atoms with Gasteiger partial charge in [-0.15, -0.1) is 0 Å². The zero-order valence-electron chi connectivity index (χ0n) is 8.00. The molecule has 68 valence electrons. The molecule has 0 amide bonds. The number of ether oxygens (including phenoxy) is 1. The molecule has 0 bridgehead atoms. The van der Waals surface area contributed by atoms with Crippen molar-refractivity contribution in [3.05, 3.63) is 0 Å². The predicted octanol–water partition coefficient (Wildman–Crippen LogP) is 1.21. The van der Waals surface area contributed by atoms with Gasteiger partial charge in [0.2, 0.25) is 0 Å². The topological polar surface area (TPSA) is 36.3 Å². The molecular weight excluding hydrogens is 152 g/mol. The van der Waals surface area contributed by atoms with Crippen LogP contribution in [0, 0.1) is 16.9 Å². The molecule has 3 heteroatoms. The SMILES string of the molecule is CC(C)(C)C1CN(C#N)CCO1. The molecule has 0 saturated carbocycles. The van der Waals surface area contributed by atoms with Crippen LogP contribution >= 0.6 is 0 Å². The molecule has 0 radical (unpaired) electrons. The molecule has 1 rings (SSSR count). The fourth-order valence-electron chi connectivity index (χ4n) is 1.26. The van der Waals surface area contributed by atoms with Gasteiger partial charge < -0.3 is 9.64 Å².